The van der Waals surface area contributed by atoms with Crippen LogP contribution in [0.4, 0.5) is 4.79 Å². The molecule has 6 amide bonds. The SMILES string of the molecule is Cc1oc2nc1C(=O)N[C@@H](C(C)C)c1nc(cs1)C(=O)NCCN(C(=O)C1CCN(C(=O)N(C)C)CC1)CCCC(=O)N[C@H]2Cc1ccccc1. The van der Waals surface area contributed by atoms with E-state index in [0.29, 0.717) is 56.1 Å². The number of hydrogen-bond acceptors (Lipinski definition) is 9. The first kappa shape index (κ1) is 37.5. The Morgan fingerprint density at radius 1 is 0.980 bits per heavy atom. The maximum absolute atomic E-state index is 13.8. The van der Waals surface area contributed by atoms with Crippen LogP contribution in [0.1, 0.15) is 94.8 Å². The summed E-state index contributed by atoms with van der Waals surface area (Å²) in [6.45, 7) is 7.27. The van der Waals surface area contributed by atoms with Gasteiger partial charge >= 0.3 is 6.03 Å². The molecule has 3 N–H and O–H groups in total. The number of urea groups is 1. The number of piperidine rings is 1. The Morgan fingerprint density at radius 3 is 2.39 bits per heavy atom. The van der Waals surface area contributed by atoms with Crippen LogP contribution >= 0.6 is 11.3 Å². The van der Waals surface area contributed by atoms with Gasteiger partial charge in [-0.25, -0.2) is 14.8 Å². The number of aryl methyl sites for hydroxylation is 1. The van der Waals surface area contributed by atoms with Crippen LogP contribution in [-0.2, 0) is 16.0 Å². The van der Waals surface area contributed by atoms with Crippen molar-refractivity contribution in [3.63, 3.8) is 0 Å². The van der Waals surface area contributed by atoms with Gasteiger partial charge in [0.2, 0.25) is 17.7 Å². The molecule has 0 radical (unpaired) electrons. The largest absolute Gasteiger partial charge is 0.443 e. The standard InChI is InChI=1S/C36H48N8O6S/c1-22(2)29-34-39-27(21-51-34)31(46)37-15-19-43(35(48)25-13-17-44(18-14-25)36(49)42(4)5)16-9-12-28(45)38-26(20-24-10-7-6-8-11-24)33-41-30(23(3)50-33)32(47)40-29/h6-8,10-11,21-22,25-26,29H,9,12-20H2,1-5H3,(H,37,46)(H,38,45)(H,40,47)/t26-,29-/m0/s1. The summed E-state index contributed by atoms with van der Waals surface area (Å²) in [5.74, 6) is -0.929. The molecule has 0 aliphatic carbocycles. The second-order valence-corrected chi connectivity index (χ2v) is 14.5. The number of thiazole rings is 1. The van der Waals surface area contributed by atoms with Crippen LogP contribution in [0, 0.1) is 18.8 Å². The highest BCUT2D eigenvalue weighted by molar-refractivity contribution is 7.09. The molecule has 2 aliphatic heterocycles. The monoisotopic (exact) mass is 720 g/mol. The fourth-order valence-corrected chi connectivity index (χ4v) is 7.39. The molecule has 0 spiro atoms. The van der Waals surface area contributed by atoms with Gasteiger partial charge in [-0.3, -0.25) is 19.2 Å². The van der Waals surface area contributed by atoms with E-state index >= 15 is 0 Å². The highest BCUT2D eigenvalue weighted by Crippen LogP contribution is 2.27. The van der Waals surface area contributed by atoms with Crippen molar-refractivity contribution in [2.45, 2.75) is 65.0 Å². The van der Waals surface area contributed by atoms with Crippen LogP contribution < -0.4 is 16.0 Å². The van der Waals surface area contributed by atoms with Gasteiger partial charge in [0.15, 0.2) is 5.69 Å². The zero-order valence-electron chi connectivity index (χ0n) is 29.9. The number of benzene rings is 1. The minimum Gasteiger partial charge on any atom is -0.443 e. The highest BCUT2D eigenvalue weighted by Gasteiger charge is 2.32. The van der Waals surface area contributed by atoms with Gasteiger partial charge in [-0.05, 0) is 37.7 Å². The Labute approximate surface area is 302 Å². The zero-order chi connectivity index (χ0) is 36.7. The normalized spacial score (nSPS) is 20.0. The Hall–Kier alpha value is -4.79. The van der Waals surface area contributed by atoms with Gasteiger partial charge in [0, 0.05) is 71.0 Å². The topological polar surface area (TPSA) is 170 Å². The molecule has 0 unspecified atom stereocenters. The number of nitrogens with one attached hydrogen (secondary N) is 3. The second-order valence-electron chi connectivity index (χ2n) is 13.7. The number of hydrogen-bond donors (Lipinski definition) is 3. The third kappa shape index (κ3) is 9.51. The molecule has 14 nitrogen and oxygen atoms in total. The van der Waals surface area contributed by atoms with Gasteiger partial charge in [0.25, 0.3) is 11.8 Å². The van der Waals surface area contributed by atoms with Crippen molar-refractivity contribution < 1.29 is 28.4 Å². The Balaban J connectivity index is 1.39. The number of nitrogens with zero attached hydrogens (tertiary/aromatic N) is 5. The summed E-state index contributed by atoms with van der Waals surface area (Å²) in [4.78, 5) is 80.6. The van der Waals surface area contributed by atoms with Crippen molar-refractivity contribution in [3.05, 3.63) is 69.3 Å². The van der Waals surface area contributed by atoms with Crippen LogP contribution in [0.2, 0.25) is 0 Å². The van der Waals surface area contributed by atoms with Gasteiger partial charge < -0.3 is 35.1 Å². The van der Waals surface area contributed by atoms with E-state index in [-0.39, 0.29) is 72.4 Å². The lowest BCUT2D eigenvalue weighted by molar-refractivity contribution is -0.137. The summed E-state index contributed by atoms with van der Waals surface area (Å²) in [5.41, 5.74) is 1.29. The molecule has 2 aromatic heterocycles. The molecule has 1 fully saturated rings. The number of amides is 6. The summed E-state index contributed by atoms with van der Waals surface area (Å²) in [6.07, 6.45) is 1.97. The molecule has 274 valence electrons. The van der Waals surface area contributed by atoms with Crippen molar-refractivity contribution in [3.8, 4) is 0 Å². The quantitative estimate of drug-likeness (QED) is 0.367. The van der Waals surface area contributed by atoms with E-state index in [9.17, 15) is 24.0 Å². The Kier molecular flexibility index (Phi) is 12.4. The van der Waals surface area contributed by atoms with Gasteiger partial charge in [0.05, 0.1) is 6.04 Å². The molecule has 51 heavy (non-hydrogen) atoms. The number of rotatable bonds is 4. The van der Waals surface area contributed by atoms with Gasteiger partial charge in [0.1, 0.15) is 22.5 Å². The zero-order valence-corrected chi connectivity index (χ0v) is 30.8. The Bertz CT molecular complexity index is 1700. The van der Waals surface area contributed by atoms with Crippen molar-refractivity contribution >= 4 is 41.0 Å². The van der Waals surface area contributed by atoms with Crippen molar-refractivity contribution in [2.75, 3.05) is 46.8 Å². The molecule has 15 heteroatoms. The molecule has 2 aliphatic rings. The van der Waals surface area contributed by atoms with E-state index < -0.39 is 18.0 Å². The molecule has 1 saturated heterocycles. The number of carbonyl (C=O) groups excluding carboxylic acids is 5. The van der Waals surface area contributed by atoms with Gasteiger partial charge in [-0.2, -0.15) is 0 Å². The van der Waals surface area contributed by atoms with E-state index in [0.717, 1.165) is 5.56 Å². The molecule has 4 heterocycles. The predicted molar refractivity (Wildman–Crippen MR) is 191 cm³/mol. The fourth-order valence-electron chi connectivity index (χ4n) is 6.37. The smallest absolute Gasteiger partial charge is 0.319 e. The first-order chi connectivity index (χ1) is 24.4. The van der Waals surface area contributed by atoms with Crippen molar-refractivity contribution in [1.82, 2.24) is 40.6 Å². The number of aromatic nitrogens is 2. The summed E-state index contributed by atoms with van der Waals surface area (Å²) >= 11 is 1.28. The first-order valence-electron chi connectivity index (χ1n) is 17.5. The molecule has 3 aromatic rings. The van der Waals surface area contributed by atoms with E-state index in [1.165, 1.54) is 16.2 Å². The molecule has 2 atom stereocenters. The van der Waals surface area contributed by atoms with Crippen molar-refractivity contribution in [1.29, 1.82) is 0 Å². The molecule has 0 saturated carbocycles. The maximum Gasteiger partial charge on any atom is 0.319 e. The van der Waals surface area contributed by atoms with Crippen LogP contribution in [0.3, 0.4) is 0 Å². The van der Waals surface area contributed by atoms with E-state index in [1.807, 2.05) is 44.2 Å². The lowest BCUT2D eigenvalue weighted by Crippen LogP contribution is -2.48. The minimum absolute atomic E-state index is 0.0556. The molecule has 4 bridgehead atoms. The Morgan fingerprint density at radius 2 is 1.71 bits per heavy atom. The minimum atomic E-state index is -0.642. The lowest BCUT2D eigenvalue weighted by Gasteiger charge is -2.35. The molecule has 5 rings (SSSR count). The number of carbonyl (C=O) groups is 5. The second kappa shape index (κ2) is 16.9. The highest BCUT2D eigenvalue weighted by atomic mass is 32.1. The third-order valence-corrected chi connectivity index (χ3v) is 10.2. The average Bonchev–Trinajstić information content (AvgIpc) is 3.76. The summed E-state index contributed by atoms with van der Waals surface area (Å²) < 4.78 is 6.02. The fraction of sp³-hybridized carbons (Fsp3) is 0.528. The van der Waals surface area contributed by atoms with Crippen LogP contribution in [-0.4, -0.2) is 101 Å². The number of oxazole rings is 1. The predicted octanol–water partition coefficient (Wildman–Crippen LogP) is 3.71. The average molecular weight is 721 g/mol. The summed E-state index contributed by atoms with van der Waals surface area (Å²) in [7, 11) is 3.42. The van der Waals surface area contributed by atoms with Gasteiger partial charge in [-0.1, -0.05) is 44.2 Å². The number of likely N-dealkylation sites (tertiary alicyclic amines) is 1. The molecular weight excluding hydrogens is 673 g/mol. The van der Waals surface area contributed by atoms with E-state index in [4.69, 9.17) is 4.42 Å². The van der Waals surface area contributed by atoms with Gasteiger partial charge in [-0.15, -0.1) is 11.3 Å². The lowest BCUT2D eigenvalue weighted by atomic mass is 9.95. The van der Waals surface area contributed by atoms with Crippen LogP contribution in [0.15, 0.2) is 40.1 Å². The summed E-state index contributed by atoms with van der Waals surface area (Å²) in [6, 6.07) is 8.42. The van der Waals surface area contributed by atoms with Crippen LogP contribution in [0.5, 0.6) is 0 Å². The molecular formula is C36H48N8O6S. The maximum atomic E-state index is 13.8. The van der Waals surface area contributed by atoms with Crippen LogP contribution in [0.25, 0.3) is 0 Å². The van der Waals surface area contributed by atoms with E-state index in [1.54, 1.807) is 36.2 Å². The van der Waals surface area contributed by atoms with Crippen molar-refractivity contribution in [2.24, 2.45) is 11.8 Å². The van der Waals surface area contributed by atoms with E-state index in [2.05, 4.69) is 25.9 Å². The number of fused-ring (bicyclic) bond motifs is 4. The summed E-state index contributed by atoms with van der Waals surface area (Å²) in [5, 5.41) is 11.2. The third-order valence-electron chi connectivity index (χ3n) is 9.23. The first-order valence-corrected chi connectivity index (χ1v) is 18.4. The molecule has 1 aromatic carbocycles.